The topological polar surface area (TPSA) is 25.8 Å². The van der Waals surface area contributed by atoms with Crippen LogP contribution in [0.4, 0.5) is 4.39 Å². The third-order valence-corrected chi connectivity index (χ3v) is 2.95. The van der Waals surface area contributed by atoms with Crippen molar-refractivity contribution in [2.75, 3.05) is 0 Å². The molecule has 0 aliphatic heterocycles. The van der Waals surface area contributed by atoms with E-state index in [4.69, 9.17) is 11.6 Å². The maximum atomic E-state index is 13.3. The Labute approximate surface area is 87.5 Å². The van der Waals surface area contributed by atoms with Gasteiger partial charge in [-0.3, -0.25) is 0 Å². The van der Waals surface area contributed by atoms with Crippen molar-refractivity contribution in [2.24, 2.45) is 0 Å². The van der Waals surface area contributed by atoms with Gasteiger partial charge in [0, 0.05) is 5.92 Å². The molecule has 1 aliphatic carbocycles. The molecule has 1 aliphatic rings. The lowest BCUT2D eigenvalue weighted by atomic mass is 9.85. The Hall–Kier alpha value is -0.700. The molecule has 0 aromatic carbocycles. The first kappa shape index (κ1) is 9.84. The van der Waals surface area contributed by atoms with Gasteiger partial charge in [0.2, 0.25) is 0 Å². The molecule has 2 rings (SSSR count). The third kappa shape index (κ3) is 1.61. The zero-order valence-corrected chi connectivity index (χ0v) is 8.81. The number of aryl methyl sites for hydroxylation is 1. The van der Waals surface area contributed by atoms with Crippen molar-refractivity contribution in [3.63, 3.8) is 0 Å². The normalized spacial score (nSPS) is 16.8. The van der Waals surface area contributed by atoms with E-state index in [0.29, 0.717) is 18.0 Å². The zero-order chi connectivity index (χ0) is 10.1. The van der Waals surface area contributed by atoms with Gasteiger partial charge in [-0.25, -0.2) is 14.4 Å². The van der Waals surface area contributed by atoms with E-state index in [9.17, 15) is 4.39 Å². The van der Waals surface area contributed by atoms with Crippen LogP contribution < -0.4 is 0 Å². The molecule has 0 unspecified atom stereocenters. The molecule has 1 aromatic rings. The SMILES string of the molecule is CCc1nc(C2CCC2)nc(Cl)c1F. The van der Waals surface area contributed by atoms with E-state index in [2.05, 4.69) is 9.97 Å². The lowest BCUT2D eigenvalue weighted by Gasteiger charge is -2.24. The van der Waals surface area contributed by atoms with Crippen molar-refractivity contribution < 1.29 is 4.39 Å². The van der Waals surface area contributed by atoms with Crippen LogP contribution in [-0.2, 0) is 6.42 Å². The molecule has 1 aromatic heterocycles. The van der Waals surface area contributed by atoms with E-state index in [0.717, 1.165) is 18.7 Å². The summed E-state index contributed by atoms with van der Waals surface area (Å²) in [5, 5.41) is -0.0289. The Morgan fingerprint density at radius 3 is 2.64 bits per heavy atom. The summed E-state index contributed by atoms with van der Waals surface area (Å²) in [6, 6.07) is 0. The van der Waals surface area contributed by atoms with Crippen molar-refractivity contribution in [2.45, 2.75) is 38.5 Å². The van der Waals surface area contributed by atoms with Gasteiger partial charge in [0.25, 0.3) is 0 Å². The van der Waals surface area contributed by atoms with Crippen molar-refractivity contribution >= 4 is 11.6 Å². The number of nitrogens with zero attached hydrogens (tertiary/aromatic N) is 2. The smallest absolute Gasteiger partial charge is 0.181 e. The van der Waals surface area contributed by atoms with E-state index < -0.39 is 5.82 Å². The van der Waals surface area contributed by atoms with Gasteiger partial charge >= 0.3 is 0 Å². The molecule has 0 atom stereocenters. The Morgan fingerprint density at radius 2 is 2.14 bits per heavy atom. The van der Waals surface area contributed by atoms with Crippen LogP contribution in [0.1, 0.15) is 43.6 Å². The average molecular weight is 215 g/mol. The number of hydrogen-bond acceptors (Lipinski definition) is 2. The molecule has 14 heavy (non-hydrogen) atoms. The van der Waals surface area contributed by atoms with Crippen molar-refractivity contribution in [1.82, 2.24) is 9.97 Å². The van der Waals surface area contributed by atoms with Gasteiger partial charge in [0.1, 0.15) is 5.82 Å². The molecule has 0 radical (unpaired) electrons. The van der Waals surface area contributed by atoms with Gasteiger partial charge in [-0.15, -0.1) is 0 Å². The predicted molar refractivity (Wildman–Crippen MR) is 53.0 cm³/mol. The van der Waals surface area contributed by atoms with Crippen molar-refractivity contribution in [3.8, 4) is 0 Å². The highest BCUT2D eigenvalue weighted by Gasteiger charge is 2.24. The zero-order valence-electron chi connectivity index (χ0n) is 8.06. The molecule has 0 saturated heterocycles. The molecule has 0 spiro atoms. The van der Waals surface area contributed by atoms with Crippen LogP contribution >= 0.6 is 11.6 Å². The Balaban J connectivity index is 2.37. The Kier molecular flexibility index (Phi) is 2.68. The van der Waals surface area contributed by atoms with Gasteiger partial charge in [-0.1, -0.05) is 24.9 Å². The third-order valence-electron chi connectivity index (χ3n) is 2.70. The summed E-state index contributed by atoms with van der Waals surface area (Å²) in [4.78, 5) is 8.19. The molecule has 0 amide bonds. The predicted octanol–water partition coefficient (Wildman–Crippen LogP) is 3.10. The van der Waals surface area contributed by atoms with E-state index in [1.165, 1.54) is 6.42 Å². The van der Waals surface area contributed by atoms with Gasteiger partial charge < -0.3 is 0 Å². The maximum Gasteiger partial charge on any atom is 0.181 e. The molecule has 1 fully saturated rings. The molecular weight excluding hydrogens is 203 g/mol. The van der Waals surface area contributed by atoms with Crippen LogP contribution in [0.3, 0.4) is 0 Å². The highest BCUT2D eigenvalue weighted by molar-refractivity contribution is 6.29. The van der Waals surface area contributed by atoms with Gasteiger partial charge in [0.05, 0.1) is 5.69 Å². The van der Waals surface area contributed by atoms with E-state index >= 15 is 0 Å². The van der Waals surface area contributed by atoms with Crippen LogP contribution in [0.2, 0.25) is 5.15 Å². The first-order valence-corrected chi connectivity index (χ1v) is 5.32. The van der Waals surface area contributed by atoms with Gasteiger partial charge in [-0.2, -0.15) is 0 Å². The molecule has 1 saturated carbocycles. The monoisotopic (exact) mass is 214 g/mol. The summed E-state index contributed by atoms with van der Waals surface area (Å²) in [6.45, 7) is 1.87. The van der Waals surface area contributed by atoms with Crippen molar-refractivity contribution in [1.29, 1.82) is 0 Å². The molecule has 1 heterocycles. The number of hydrogen-bond donors (Lipinski definition) is 0. The van der Waals surface area contributed by atoms with Crippen LogP contribution in [-0.4, -0.2) is 9.97 Å². The van der Waals surface area contributed by atoms with E-state index in [1.807, 2.05) is 6.92 Å². The molecule has 0 bridgehead atoms. The largest absolute Gasteiger partial charge is 0.234 e. The van der Waals surface area contributed by atoms with Crippen molar-refractivity contribution in [3.05, 3.63) is 22.5 Å². The minimum Gasteiger partial charge on any atom is -0.234 e. The van der Waals surface area contributed by atoms with E-state index in [-0.39, 0.29) is 5.15 Å². The summed E-state index contributed by atoms with van der Waals surface area (Å²) in [5.74, 6) is 0.662. The minimum atomic E-state index is -0.461. The number of rotatable bonds is 2. The van der Waals surface area contributed by atoms with Crippen LogP contribution in [0.5, 0.6) is 0 Å². The second-order valence-corrected chi connectivity index (χ2v) is 3.97. The average Bonchev–Trinajstić information content (AvgIpc) is 2.08. The van der Waals surface area contributed by atoms with E-state index in [1.54, 1.807) is 0 Å². The molecule has 0 N–H and O–H groups in total. The second-order valence-electron chi connectivity index (χ2n) is 3.61. The van der Waals surface area contributed by atoms with Gasteiger partial charge in [-0.05, 0) is 19.3 Å². The fourth-order valence-electron chi connectivity index (χ4n) is 1.56. The Bertz CT molecular complexity index is 350. The van der Waals surface area contributed by atoms with Crippen LogP contribution in [0, 0.1) is 5.82 Å². The standard InChI is InChI=1S/C10H12ClFN2/c1-2-7-8(12)9(11)14-10(13-7)6-4-3-5-6/h6H,2-5H2,1H3. The molecule has 4 heteroatoms. The summed E-state index contributed by atoms with van der Waals surface area (Å²) in [7, 11) is 0. The highest BCUT2D eigenvalue weighted by atomic mass is 35.5. The minimum absolute atomic E-state index is 0.0289. The fourth-order valence-corrected chi connectivity index (χ4v) is 1.76. The fraction of sp³-hybridized carbons (Fsp3) is 0.600. The lowest BCUT2D eigenvalue weighted by molar-refractivity contribution is 0.397. The quantitative estimate of drug-likeness (QED) is 0.707. The lowest BCUT2D eigenvalue weighted by Crippen LogP contribution is -2.14. The summed E-state index contributed by atoms with van der Waals surface area (Å²) < 4.78 is 13.3. The van der Waals surface area contributed by atoms with Crippen LogP contribution in [0.25, 0.3) is 0 Å². The number of aromatic nitrogens is 2. The highest BCUT2D eigenvalue weighted by Crippen LogP contribution is 2.35. The number of halogens is 2. The first-order valence-electron chi connectivity index (χ1n) is 4.94. The first-order chi connectivity index (χ1) is 6.72. The van der Waals surface area contributed by atoms with Crippen LogP contribution in [0.15, 0.2) is 0 Å². The summed E-state index contributed by atoms with van der Waals surface area (Å²) >= 11 is 5.70. The van der Waals surface area contributed by atoms with Gasteiger partial charge in [0.15, 0.2) is 11.0 Å². The second kappa shape index (κ2) is 3.81. The summed E-state index contributed by atoms with van der Waals surface area (Å²) in [6.07, 6.45) is 3.98. The Morgan fingerprint density at radius 1 is 1.43 bits per heavy atom. The molecule has 76 valence electrons. The molecular formula is C10H12ClFN2. The molecule has 2 nitrogen and oxygen atoms in total. The summed E-state index contributed by atoms with van der Waals surface area (Å²) in [5.41, 5.74) is 0.437. The maximum absolute atomic E-state index is 13.3.